The van der Waals surface area contributed by atoms with Crippen LogP contribution in [0.25, 0.3) is 22.4 Å². The van der Waals surface area contributed by atoms with Crippen molar-refractivity contribution in [3.8, 4) is 11.4 Å². The molecule has 0 aliphatic carbocycles. The third-order valence-corrected chi connectivity index (χ3v) is 4.05. The Labute approximate surface area is 139 Å². The maximum absolute atomic E-state index is 12.4. The lowest BCUT2D eigenvalue weighted by atomic mass is 10.1. The average molecular weight is 322 g/mol. The Kier molecular flexibility index (Phi) is 3.98. The van der Waals surface area contributed by atoms with Gasteiger partial charge in [0, 0.05) is 18.7 Å². The van der Waals surface area contributed by atoms with Crippen LogP contribution < -0.4 is 10.6 Å². The van der Waals surface area contributed by atoms with Crippen molar-refractivity contribution in [2.75, 3.05) is 25.0 Å². The molecule has 1 amide bonds. The van der Waals surface area contributed by atoms with Gasteiger partial charge in [-0.05, 0) is 24.3 Å². The maximum atomic E-state index is 12.4. The van der Waals surface area contributed by atoms with Crippen molar-refractivity contribution < 1.29 is 9.53 Å². The second-order valence-corrected chi connectivity index (χ2v) is 5.70. The molecule has 122 valence electrons. The van der Waals surface area contributed by atoms with E-state index in [2.05, 4.69) is 20.6 Å². The average Bonchev–Trinajstić information content (AvgIpc) is 3.07. The Morgan fingerprint density at radius 3 is 2.83 bits per heavy atom. The van der Waals surface area contributed by atoms with Crippen LogP contribution in [0, 0.1) is 0 Å². The van der Waals surface area contributed by atoms with Crippen LogP contribution in [-0.2, 0) is 9.53 Å². The zero-order valence-electron chi connectivity index (χ0n) is 13.1. The van der Waals surface area contributed by atoms with Gasteiger partial charge in [-0.25, -0.2) is 4.98 Å². The minimum atomic E-state index is -0.470. The predicted molar refractivity (Wildman–Crippen MR) is 92.8 cm³/mol. The lowest BCUT2D eigenvalue weighted by Crippen LogP contribution is -2.45. The quantitative estimate of drug-likeness (QED) is 0.690. The molecule has 0 spiro atoms. The number of aromatic amines is 1. The first kappa shape index (κ1) is 14.9. The molecule has 0 radical (unpaired) electrons. The standard InChI is InChI=1S/C18H18N4O2/c23-18(16-11-19-9-10-24-16)22-13-6-2-1-5-12(13)17-20-14-7-3-4-8-15(14)21-17/h1-8,16,19H,9-11H2,(H,20,21)(H,22,23)/t16-/m1/s1. The summed E-state index contributed by atoms with van der Waals surface area (Å²) in [5.41, 5.74) is 3.43. The fourth-order valence-corrected chi connectivity index (χ4v) is 2.83. The zero-order valence-corrected chi connectivity index (χ0v) is 13.1. The van der Waals surface area contributed by atoms with Gasteiger partial charge < -0.3 is 20.4 Å². The normalized spacial score (nSPS) is 17.8. The molecular formula is C18H18N4O2. The first-order valence-corrected chi connectivity index (χ1v) is 7.98. The van der Waals surface area contributed by atoms with Crippen molar-refractivity contribution in [2.24, 2.45) is 0 Å². The third-order valence-electron chi connectivity index (χ3n) is 4.05. The van der Waals surface area contributed by atoms with Crippen molar-refractivity contribution in [3.63, 3.8) is 0 Å². The number of fused-ring (bicyclic) bond motifs is 1. The summed E-state index contributed by atoms with van der Waals surface area (Å²) in [6.45, 7) is 1.85. The van der Waals surface area contributed by atoms with Crippen LogP contribution >= 0.6 is 0 Å². The molecular weight excluding hydrogens is 304 g/mol. The molecule has 6 nitrogen and oxygen atoms in total. The summed E-state index contributed by atoms with van der Waals surface area (Å²) in [7, 11) is 0. The fourth-order valence-electron chi connectivity index (χ4n) is 2.83. The second-order valence-electron chi connectivity index (χ2n) is 5.70. The number of aromatic nitrogens is 2. The molecule has 3 N–H and O–H groups in total. The van der Waals surface area contributed by atoms with Gasteiger partial charge in [-0.15, -0.1) is 0 Å². The van der Waals surface area contributed by atoms with Crippen molar-refractivity contribution in [3.05, 3.63) is 48.5 Å². The number of imidazole rings is 1. The van der Waals surface area contributed by atoms with E-state index in [9.17, 15) is 4.79 Å². The third kappa shape index (κ3) is 2.89. The zero-order chi connectivity index (χ0) is 16.4. The van der Waals surface area contributed by atoms with Gasteiger partial charge in [0.2, 0.25) is 0 Å². The molecule has 1 aliphatic rings. The lowest BCUT2D eigenvalue weighted by Gasteiger charge is -2.23. The van der Waals surface area contributed by atoms with Crippen LogP contribution in [0.15, 0.2) is 48.5 Å². The van der Waals surface area contributed by atoms with E-state index in [1.54, 1.807) is 0 Å². The molecule has 1 saturated heterocycles. The van der Waals surface area contributed by atoms with E-state index < -0.39 is 6.10 Å². The van der Waals surface area contributed by atoms with E-state index in [-0.39, 0.29) is 5.91 Å². The summed E-state index contributed by atoms with van der Waals surface area (Å²) < 4.78 is 5.51. The van der Waals surface area contributed by atoms with Crippen LogP contribution in [0.1, 0.15) is 0 Å². The van der Waals surface area contributed by atoms with Gasteiger partial charge in [0.15, 0.2) is 0 Å². The van der Waals surface area contributed by atoms with Gasteiger partial charge in [0.05, 0.1) is 23.3 Å². The van der Waals surface area contributed by atoms with Crippen molar-refractivity contribution in [1.82, 2.24) is 15.3 Å². The van der Waals surface area contributed by atoms with E-state index in [0.717, 1.165) is 34.7 Å². The number of H-pyrrole nitrogens is 1. The Morgan fingerprint density at radius 2 is 2.00 bits per heavy atom. The lowest BCUT2D eigenvalue weighted by molar-refractivity contribution is -0.128. The number of hydrogen-bond acceptors (Lipinski definition) is 4. The number of benzene rings is 2. The first-order valence-electron chi connectivity index (χ1n) is 7.98. The number of anilines is 1. The minimum Gasteiger partial charge on any atom is -0.366 e. The smallest absolute Gasteiger partial charge is 0.254 e. The Morgan fingerprint density at radius 1 is 1.17 bits per heavy atom. The summed E-state index contributed by atoms with van der Waals surface area (Å²) in [4.78, 5) is 20.3. The molecule has 1 fully saturated rings. The van der Waals surface area contributed by atoms with Gasteiger partial charge in [-0.3, -0.25) is 4.79 Å². The van der Waals surface area contributed by atoms with Gasteiger partial charge in [0.1, 0.15) is 11.9 Å². The summed E-state index contributed by atoms with van der Waals surface area (Å²) in [5, 5.41) is 6.12. The highest BCUT2D eigenvalue weighted by Gasteiger charge is 2.22. The summed E-state index contributed by atoms with van der Waals surface area (Å²) >= 11 is 0. The van der Waals surface area contributed by atoms with E-state index in [1.807, 2.05) is 48.5 Å². The number of ether oxygens (including phenoxy) is 1. The van der Waals surface area contributed by atoms with Crippen LogP contribution in [0.3, 0.4) is 0 Å². The Hall–Kier alpha value is -2.70. The van der Waals surface area contributed by atoms with Gasteiger partial charge in [0.25, 0.3) is 5.91 Å². The summed E-state index contributed by atoms with van der Waals surface area (Å²) in [6, 6.07) is 15.5. The van der Waals surface area contributed by atoms with Crippen LogP contribution in [0.4, 0.5) is 5.69 Å². The Bertz CT molecular complexity index is 835. The number of carbonyl (C=O) groups is 1. The molecule has 3 aromatic rings. The van der Waals surface area contributed by atoms with E-state index >= 15 is 0 Å². The molecule has 1 aliphatic heterocycles. The first-order chi connectivity index (χ1) is 11.8. The van der Waals surface area contributed by atoms with Crippen molar-refractivity contribution in [1.29, 1.82) is 0 Å². The number of carbonyl (C=O) groups excluding carboxylic acids is 1. The van der Waals surface area contributed by atoms with Crippen molar-refractivity contribution >= 4 is 22.6 Å². The SMILES string of the molecule is O=C(Nc1ccccc1-c1nc2ccccc2[nH]1)[C@H]1CNCCO1. The monoisotopic (exact) mass is 322 g/mol. The van der Waals surface area contributed by atoms with Crippen LogP contribution in [0.2, 0.25) is 0 Å². The molecule has 2 aromatic carbocycles. The number of para-hydroxylation sites is 3. The summed E-state index contributed by atoms with van der Waals surface area (Å²) in [5.74, 6) is 0.584. The molecule has 1 aromatic heterocycles. The molecule has 2 heterocycles. The van der Waals surface area contributed by atoms with Crippen molar-refractivity contribution in [2.45, 2.75) is 6.10 Å². The molecule has 0 saturated carbocycles. The summed E-state index contributed by atoms with van der Waals surface area (Å²) in [6.07, 6.45) is -0.470. The second kappa shape index (κ2) is 6.43. The number of nitrogens with one attached hydrogen (secondary N) is 3. The van der Waals surface area contributed by atoms with Gasteiger partial charge >= 0.3 is 0 Å². The highest BCUT2D eigenvalue weighted by Crippen LogP contribution is 2.27. The number of nitrogens with zero attached hydrogens (tertiary/aromatic N) is 1. The minimum absolute atomic E-state index is 0.147. The molecule has 0 bridgehead atoms. The van der Waals surface area contributed by atoms with Crippen LogP contribution in [-0.4, -0.2) is 41.7 Å². The maximum Gasteiger partial charge on any atom is 0.254 e. The fraction of sp³-hybridized carbons (Fsp3) is 0.222. The largest absolute Gasteiger partial charge is 0.366 e. The van der Waals surface area contributed by atoms with E-state index in [1.165, 1.54) is 0 Å². The highest BCUT2D eigenvalue weighted by molar-refractivity contribution is 5.98. The van der Waals surface area contributed by atoms with Gasteiger partial charge in [-0.1, -0.05) is 24.3 Å². The number of morpholine rings is 1. The molecule has 0 unspecified atom stereocenters. The van der Waals surface area contributed by atoms with E-state index in [4.69, 9.17) is 4.74 Å². The molecule has 24 heavy (non-hydrogen) atoms. The van der Waals surface area contributed by atoms with E-state index in [0.29, 0.717) is 13.2 Å². The topological polar surface area (TPSA) is 79.0 Å². The Balaban J connectivity index is 1.63. The van der Waals surface area contributed by atoms with Crippen LogP contribution in [0.5, 0.6) is 0 Å². The predicted octanol–water partition coefficient (Wildman–Crippen LogP) is 2.16. The molecule has 4 rings (SSSR count). The van der Waals surface area contributed by atoms with Gasteiger partial charge in [-0.2, -0.15) is 0 Å². The molecule has 1 atom stereocenters. The number of amides is 1. The number of rotatable bonds is 3. The number of hydrogen-bond donors (Lipinski definition) is 3. The molecule has 6 heteroatoms. The highest BCUT2D eigenvalue weighted by atomic mass is 16.5.